The molecule has 1 heterocycles. The average Bonchev–Trinajstić information content (AvgIpc) is 2.76. The molecule has 2 aromatic rings. The van der Waals surface area contributed by atoms with Crippen molar-refractivity contribution in [2.24, 2.45) is 5.92 Å². The molecule has 1 saturated heterocycles. The lowest BCUT2D eigenvalue weighted by molar-refractivity contribution is 0.0686. The maximum atomic E-state index is 14.2. The van der Waals surface area contributed by atoms with Crippen molar-refractivity contribution >= 4 is 17.5 Å². The molecule has 4 nitrogen and oxygen atoms in total. The minimum atomic E-state index is -0.561. The third-order valence-corrected chi connectivity index (χ3v) is 6.00. The van der Waals surface area contributed by atoms with Crippen LogP contribution in [0.1, 0.15) is 35.7 Å². The van der Waals surface area contributed by atoms with Crippen molar-refractivity contribution < 1.29 is 13.9 Å². The van der Waals surface area contributed by atoms with Crippen molar-refractivity contribution in [3.05, 3.63) is 64.4 Å². The Kier molecular flexibility index (Phi) is 8.11. The number of methoxy groups -OCH3 is 1. The van der Waals surface area contributed by atoms with Gasteiger partial charge in [-0.2, -0.15) is 0 Å². The van der Waals surface area contributed by atoms with E-state index in [2.05, 4.69) is 17.0 Å². The number of piperidine rings is 1. The van der Waals surface area contributed by atoms with Crippen molar-refractivity contribution in [1.82, 2.24) is 9.80 Å². The molecule has 162 valence electrons. The normalized spacial score (nSPS) is 17.0. The first-order valence-corrected chi connectivity index (χ1v) is 11.0. The van der Waals surface area contributed by atoms with Crippen molar-refractivity contribution in [2.75, 3.05) is 39.8 Å². The SMILES string of the molecule is CCN(C[C@H]1CCCN(CCc2cccc(OC)c2)C1)C(=O)c1ccc(Cl)cc1F. The van der Waals surface area contributed by atoms with Crippen LogP contribution in [0.2, 0.25) is 5.02 Å². The topological polar surface area (TPSA) is 32.8 Å². The summed E-state index contributed by atoms with van der Waals surface area (Å²) in [5.41, 5.74) is 1.35. The van der Waals surface area contributed by atoms with Crippen LogP contribution in [0, 0.1) is 11.7 Å². The van der Waals surface area contributed by atoms with Crippen LogP contribution in [-0.2, 0) is 6.42 Å². The van der Waals surface area contributed by atoms with E-state index in [-0.39, 0.29) is 11.5 Å². The van der Waals surface area contributed by atoms with E-state index in [1.54, 1.807) is 18.1 Å². The van der Waals surface area contributed by atoms with Gasteiger partial charge in [-0.05, 0) is 74.5 Å². The van der Waals surface area contributed by atoms with Crippen LogP contribution in [0.15, 0.2) is 42.5 Å². The quantitative estimate of drug-likeness (QED) is 0.594. The Morgan fingerprint density at radius 2 is 2.13 bits per heavy atom. The van der Waals surface area contributed by atoms with Gasteiger partial charge in [-0.1, -0.05) is 23.7 Å². The molecule has 0 bridgehead atoms. The van der Waals surface area contributed by atoms with Crippen LogP contribution in [0.3, 0.4) is 0 Å². The maximum absolute atomic E-state index is 14.2. The molecule has 0 aliphatic carbocycles. The lowest BCUT2D eigenvalue weighted by atomic mass is 9.96. The molecule has 1 aliphatic heterocycles. The summed E-state index contributed by atoms with van der Waals surface area (Å²) >= 11 is 5.82. The summed E-state index contributed by atoms with van der Waals surface area (Å²) in [6.07, 6.45) is 3.17. The van der Waals surface area contributed by atoms with Crippen molar-refractivity contribution in [3.63, 3.8) is 0 Å². The Balaban J connectivity index is 1.56. The minimum absolute atomic E-state index is 0.0898. The van der Waals surface area contributed by atoms with Gasteiger partial charge in [0, 0.05) is 31.2 Å². The second-order valence-corrected chi connectivity index (χ2v) is 8.31. The van der Waals surface area contributed by atoms with E-state index < -0.39 is 5.82 Å². The predicted octanol–water partition coefficient (Wildman–Crippen LogP) is 4.90. The van der Waals surface area contributed by atoms with E-state index in [9.17, 15) is 9.18 Å². The fourth-order valence-electron chi connectivity index (χ4n) is 4.12. The predicted molar refractivity (Wildman–Crippen MR) is 119 cm³/mol. The molecular formula is C24H30ClFN2O2. The van der Waals surface area contributed by atoms with Gasteiger partial charge in [-0.15, -0.1) is 0 Å². The van der Waals surface area contributed by atoms with Crippen LogP contribution in [0.4, 0.5) is 4.39 Å². The zero-order valence-corrected chi connectivity index (χ0v) is 18.5. The smallest absolute Gasteiger partial charge is 0.256 e. The highest BCUT2D eigenvalue weighted by Crippen LogP contribution is 2.21. The molecule has 3 rings (SSSR count). The first-order chi connectivity index (χ1) is 14.5. The molecule has 0 saturated carbocycles. The largest absolute Gasteiger partial charge is 0.497 e. The minimum Gasteiger partial charge on any atom is -0.497 e. The van der Waals surface area contributed by atoms with E-state index in [0.717, 1.165) is 44.6 Å². The number of carbonyl (C=O) groups is 1. The number of halogens is 2. The number of amides is 1. The number of carbonyl (C=O) groups excluding carboxylic acids is 1. The average molecular weight is 433 g/mol. The van der Waals surface area contributed by atoms with Crippen molar-refractivity contribution in [3.8, 4) is 5.75 Å². The van der Waals surface area contributed by atoms with Gasteiger partial charge in [0.15, 0.2) is 0 Å². The molecule has 1 aliphatic rings. The third-order valence-electron chi connectivity index (χ3n) is 5.76. The molecule has 6 heteroatoms. The Morgan fingerprint density at radius 1 is 1.30 bits per heavy atom. The van der Waals surface area contributed by atoms with Gasteiger partial charge in [0.2, 0.25) is 0 Å². The Morgan fingerprint density at radius 3 is 2.87 bits per heavy atom. The molecule has 0 N–H and O–H groups in total. The monoisotopic (exact) mass is 432 g/mol. The number of rotatable bonds is 8. The first-order valence-electron chi connectivity index (χ1n) is 10.6. The number of nitrogens with zero attached hydrogens (tertiary/aromatic N) is 2. The highest BCUT2D eigenvalue weighted by molar-refractivity contribution is 6.30. The third kappa shape index (κ3) is 5.96. The number of hydrogen-bond acceptors (Lipinski definition) is 3. The summed E-state index contributed by atoms with van der Waals surface area (Å²) in [6.45, 7) is 6.15. The fraction of sp³-hybridized carbons (Fsp3) is 0.458. The van der Waals surface area contributed by atoms with Crippen LogP contribution < -0.4 is 4.74 Å². The second kappa shape index (κ2) is 10.8. The van der Waals surface area contributed by atoms with Gasteiger partial charge in [0.1, 0.15) is 11.6 Å². The van der Waals surface area contributed by atoms with Crippen molar-refractivity contribution in [2.45, 2.75) is 26.2 Å². The van der Waals surface area contributed by atoms with E-state index in [4.69, 9.17) is 16.3 Å². The molecule has 0 spiro atoms. The highest BCUT2D eigenvalue weighted by Gasteiger charge is 2.25. The van der Waals surface area contributed by atoms with E-state index in [0.29, 0.717) is 24.0 Å². The van der Waals surface area contributed by atoms with Gasteiger partial charge >= 0.3 is 0 Å². The fourth-order valence-corrected chi connectivity index (χ4v) is 4.28. The Bertz CT molecular complexity index is 861. The number of hydrogen-bond donors (Lipinski definition) is 0. The van der Waals surface area contributed by atoms with E-state index in [1.165, 1.54) is 17.7 Å². The molecule has 0 radical (unpaired) electrons. The number of benzene rings is 2. The molecule has 1 atom stereocenters. The molecule has 30 heavy (non-hydrogen) atoms. The number of ether oxygens (including phenoxy) is 1. The maximum Gasteiger partial charge on any atom is 0.256 e. The van der Waals surface area contributed by atoms with Crippen LogP contribution in [-0.4, -0.2) is 55.5 Å². The zero-order valence-electron chi connectivity index (χ0n) is 17.7. The van der Waals surface area contributed by atoms with Crippen LogP contribution in [0.25, 0.3) is 0 Å². The van der Waals surface area contributed by atoms with Gasteiger partial charge < -0.3 is 14.5 Å². The Labute approximate surface area is 183 Å². The standard InChI is InChI=1S/C24H30ClFN2O2/c1-3-28(24(29)22-10-9-20(25)15-23(22)26)17-19-7-5-12-27(16-19)13-11-18-6-4-8-21(14-18)30-2/h4,6,8-10,14-15,19H,3,5,7,11-13,16-17H2,1-2H3/t19-/m0/s1. The summed E-state index contributed by atoms with van der Waals surface area (Å²) in [4.78, 5) is 17.1. The molecule has 2 aromatic carbocycles. The molecule has 1 fully saturated rings. The Hall–Kier alpha value is -2.11. The van der Waals surface area contributed by atoms with Crippen LogP contribution >= 0.6 is 11.6 Å². The summed E-state index contributed by atoms with van der Waals surface area (Å²) < 4.78 is 19.5. The second-order valence-electron chi connectivity index (χ2n) is 7.88. The van der Waals surface area contributed by atoms with Gasteiger partial charge in [-0.3, -0.25) is 4.79 Å². The van der Waals surface area contributed by atoms with Crippen LogP contribution in [0.5, 0.6) is 5.75 Å². The van der Waals surface area contributed by atoms with Crippen molar-refractivity contribution in [1.29, 1.82) is 0 Å². The summed E-state index contributed by atoms with van der Waals surface area (Å²) in [6, 6.07) is 12.4. The molecular weight excluding hydrogens is 403 g/mol. The lowest BCUT2D eigenvalue weighted by Crippen LogP contribution is -2.43. The zero-order chi connectivity index (χ0) is 21.5. The summed E-state index contributed by atoms with van der Waals surface area (Å²) in [5.74, 6) is 0.452. The molecule has 1 amide bonds. The molecule has 0 aromatic heterocycles. The summed E-state index contributed by atoms with van der Waals surface area (Å²) in [5, 5.41) is 0.297. The van der Waals surface area contributed by atoms with E-state index in [1.807, 2.05) is 19.1 Å². The van der Waals surface area contributed by atoms with Gasteiger partial charge in [0.25, 0.3) is 5.91 Å². The highest BCUT2D eigenvalue weighted by atomic mass is 35.5. The lowest BCUT2D eigenvalue weighted by Gasteiger charge is -2.35. The van der Waals surface area contributed by atoms with Gasteiger partial charge in [-0.25, -0.2) is 4.39 Å². The number of likely N-dealkylation sites (tertiary alicyclic amines) is 1. The molecule has 0 unspecified atom stereocenters. The summed E-state index contributed by atoms with van der Waals surface area (Å²) in [7, 11) is 1.69. The van der Waals surface area contributed by atoms with Gasteiger partial charge in [0.05, 0.1) is 12.7 Å². The first kappa shape index (κ1) is 22.6. The van der Waals surface area contributed by atoms with E-state index >= 15 is 0 Å².